The van der Waals surface area contributed by atoms with Crippen LogP contribution in [0, 0.1) is 12.7 Å². The van der Waals surface area contributed by atoms with Gasteiger partial charge < -0.3 is 4.74 Å². The van der Waals surface area contributed by atoms with E-state index >= 15 is 0 Å². The molecule has 0 saturated carbocycles. The number of aryl methyl sites for hydroxylation is 3. The molecule has 1 amide bonds. The number of ether oxygens (including phenoxy) is 1. The lowest BCUT2D eigenvalue weighted by atomic mass is 9.91. The van der Waals surface area contributed by atoms with E-state index < -0.39 is 5.82 Å². The Labute approximate surface area is 154 Å². The highest BCUT2D eigenvalue weighted by Gasteiger charge is 2.23. The number of fused-ring (bicyclic) bond motifs is 3. The van der Waals surface area contributed by atoms with E-state index in [0.29, 0.717) is 5.13 Å². The first-order chi connectivity index (χ1) is 12.5. The Morgan fingerprint density at radius 2 is 2.12 bits per heavy atom. The molecule has 0 spiro atoms. The number of nitrogens with one attached hydrogen (secondary N) is 1. The van der Waals surface area contributed by atoms with E-state index in [1.165, 1.54) is 35.1 Å². The van der Waals surface area contributed by atoms with Crippen LogP contribution in [-0.2, 0) is 12.8 Å². The Hall–Kier alpha value is -2.73. The van der Waals surface area contributed by atoms with Crippen molar-refractivity contribution in [2.24, 2.45) is 0 Å². The summed E-state index contributed by atoms with van der Waals surface area (Å²) in [5.74, 6) is 0.0817. The summed E-state index contributed by atoms with van der Waals surface area (Å²) in [7, 11) is 1.67. The van der Waals surface area contributed by atoms with E-state index in [2.05, 4.69) is 22.4 Å². The minimum atomic E-state index is -0.436. The highest BCUT2D eigenvalue weighted by Crippen LogP contribution is 2.40. The molecule has 2 aromatic carbocycles. The van der Waals surface area contributed by atoms with E-state index in [0.717, 1.165) is 40.3 Å². The number of hydrogen-bond acceptors (Lipinski definition) is 4. The third-order valence-electron chi connectivity index (χ3n) is 4.50. The molecule has 132 valence electrons. The molecule has 26 heavy (non-hydrogen) atoms. The first-order valence-corrected chi connectivity index (χ1v) is 9.11. The molecular formula is C20H17FN2O2S. The normalized spacial score (nSPS) is 12.3. The van der Waals surface area contributed by atoms with Crippen LogP contribution in [0.25, 0.3) is 11.3 Å². The number of methoxy groups -OCH3 is 1. The van der Waals surface area contributed by atoms with Gasteiger partial charge in [-0.25, -0.2) is 9.37 Å². The zero-order valence-electron chi connectivity index (χ0n) is 14.4. The van der Waals surface area contributed by atoms with Gasteiger partial charge in [0, 0.05) is 16.0 Å². The lowest BCUT2D eigenvalue weighted by Crippen LogP contribution is -2.11. The predicted molar refractivity (Wildman–Crippen MR) is 101 cm³/mol. The van der Waals surface area contributed by atoms with Crippen LogP contribution in [0.1, 0.15) is 26.4 Å². The lowest BCUT2D eigenvalue weighted by molar-refractivity contribution is 0.102. The van der Waals surface area contributed by atoms with Gasteiger partial charge in [0.1, 0.15) is 11.6 Å². The number of hydrogen-bond donors (Lipinski definition) is 1. The number of thiazole rings is 1. The van der Waals surface area contributed by atoms with E-state index in [9.17, 15) is 9.18 Å². The van der Waals surface area contributed by atoms with Crippen molar-refractivity contribution in [3.05, 3.63) is 63.8 Å². The molecule has 6 heteroatoms. The molecule has 0 radical (unpaired) electrons. The average Bonchev–Trinajstić information content (AvgIpc) is 3.04. The molecular weight excluding hydrogens is 351 g/mol. The van der Waals surface area contributed by atoms with Crippen molar-refractivity contribution in [2.75, 3.05) is 12.4 Å². The van der Waals surface area contributed by atoms with Gasteiger partial charge in [0.15, 0.2) is 5.13 Å². The number of aromatic nitrogens is 1. The number of carbonyl (C=O) groups is 1. The summed E-state index contributed by atoms with van der Waals surface area (Å²) >= 11 is 1.47. The van der Waals surface area contributed by atoms with Crippen molar-refractivity contribution in [2.45, 2.75) is 19.8 Å². The highest BCUT2D eigenvalue weighted by atomic mass is 32.1. The summed E-state index contributed by atoms with van der Waals surface area (Å²) in [4.78, 5) is 18.1. The highest BCUT2D eigenvalue weighted by molar-refractivity contribution is 7.16. The van der Waals surface area contributed by atoms with Crippen molar-refractivity contribution < 1.29 is 13.9 Å². The molecule has 4 nitrogen and oxygen atoms in total. The van der Waals surface area contributed by atoms with Crippen LogP contribution >= 0.6 is 11.3 Å². The third-order valence-corrected chi connectivity index (χ3v) is 5.53. The molecule has 1 aliphatic carbocycles. The summed E-state index contributed by atoms with van der Waals surface area (Å²) in [6.45, 7) is 2.01. The van der Waals surface area contributed by atoms with Crippen LogP contribution in [0.3, 0.4) is 0 Å². The Kier molecular flexibility index (Phi) is 4.20. The monoisotopic (exact) mass is 368 g/mol. The number of nitrogens with zero attached hydrogens (tertiary/aromatic N) is 1. The second-order valence-electron chi connectivity index (χ2n) is 6.23. The van der Waals surface area contributed by atoms with Gasteiger partial charge in [-0.3, -0.25) is 10.1 Å². The number of rotatable bonds is 3. The SMILES string of the molecule is COc1cc2c(cc1C)-c1nc(NC(=O)c3cccc(F)c3)sc1CC2. The first-order valence-electron chi connectivity index (χ1n) is 8.29. The van der Waals surface area contributed by atoms with Gasteiger partial charge in [-0.15, -0.1) is 11.3 Å². The van der Waals surface area contributed by atoms with Crippen LogP contribution in [-0.4, -0.2) is 18.0 Å². The fourth-order valence-corrected chi connectivity index (χ4v) is 4.18. The largest absolute Gasteiger partial charge is 0.496 e. The number of halogens is 1. The fraction of sp³-hybridized carbons (Fsp3) is 0.200. The van der Waals surface area contributed by atoms with Gasteiger partial charge in [-0.05, 0) is 61.2 Å². The molecule has 1 heterocycles. The maximum Gasteiger partial charge on any atom is 0.257 e. The maximum absolute atomic E-state index is 13.3. The van der Waals surface area contributed by atoms with Crippen LogP contribution in [0.15, 0.2) is 36.4 Å². The van der Waals surface area contributed by atoms with Crippen molar-refractivity contribution in [1.29, 1.82) is 0 Å². The van der Waals surface area contributed by atoms with E-state index in [4.69, 9.17) is 4.74 Å². The van der Waals surface area contributed by atoms with Crippen molar-refractivity contribution in [3.63, 3.8) is 0 Å². The Balaban J connectivity index is 1.65. The van der Waals surface area contributed by atoms with E-state index in [1.54, 1.807) is 13.2 Å². The summed E-state index contributed by atoms with van der Waals surface area (Å²) < 4.78 is 18.7. The first kappa shape index (κ1) is 16.7. The topological polar surface area (TPSA) is 51.2 Å². The predicted octanol–water partition coefficient (Wildman–Crippen LogP) is 4.62. The summed E-state index contributed by atoms with van der Waals surface area (Å²) in [5.41, 5.74) is 4.54. The van der Waals surface area contributed by atoms with Gasteiger partial charge in [-0.2, -0.15) is 0 Å². The fourth-order valence-electron chi connectivity index (χ4n) is 3.21. The second kappa shape index (κ2) is 6.53. The minimum Gasteiger partial charge on any atom is -0.496 e. The zero-order valence-corrected chi connectivity index (χ0v) is 15.2. The summed E-state index contributed by atoms with van der Waals surface area (Å²) in [6.07, 6.45) is 1.79. The van der Waals surface area contributed by atoms with Crippen molar-refractivity contribution in [1.82, 2.24) is 4.98 Å². The molecule has 0 unspecified atom stereocenters. The quantitative estimate of drug-likeness (QED) is 0.734. The van der Waals surface area contributed by atoms with Gasteiger partial charge >= 0.3 is 0 Å². The minimum absolute atomic E-state index is 0.277. The van der Waals surface area contributed by atoms with Gasteiger partial charge in [0.25, 0.3) is 5.91 Å². The Morgan fingerprint density at radius 1 is 1.27 bits per heavy atom. The number of benzene rings is 2. The molecule has 0 atom stereocenters. The standard InChI is InChI=1S/C20H17FN2O2S/c1-11-8-15-12(10-16(11)25-2)6-7-17-18(15)22-20(26-17)23-19(24)13-4-3-5-14(21)9-13/h3-5,8-10H,6-7H2,1-2H3,(H,22,23,24). The number of anilines is 1. The van der Waals surface area contributed by atoms with E-state index in [-0.39, 0.29) is 11.5 Å². The summed E-state index contributed by atoms with van der Waals surface area (Å²) in [5, 5.41) is 3.32. The number of carbonyl (C=O) groups excluding carboxylic acids is 1. The van der Waals surface area contributed by atoms with E-state index in [1.807, 2.05) is 6.92 Å². The number of amides is 1. The van der Waals surface area contributed by atoms with Crippen molar-refractivity contribution >= 4 is 22.4 Å². The maximum atomic E-state index is 13.3. The molecule has 1 aromatic heterocycles. The molecule has 0 fully saturated rings. The molecule has 3 aromatic rings. The average molecular weight is 368 g/mol. The molecule has 0 bridgehead atoms. The molecule has 0 saturated heterocycles. The van der Waals surface area contributed by atoms with Gasteiger partial charge in [-0.1, -0.05) is 6.07 Å². The van der Waals surface area contributed by atoms with Crippen LogP contribution < -0.4 is 10.1 Å². The van der Waals surface area contributed by atoms with Crippen LogP contribution in [0.5, 0.6) is 5.75 Å². The zero-order chi connectivity index (χ0) is 18.3. The molecule has 1 N–H and O–H groups in total. The van der Waals surface area contributed by atoms with Gasteiger partial charge in [0.2, 0.25) is 0 Å². The van der Waals surface area contributed by atoms with Crippen LogP contribution in [0.4, 0.5) is 9.52 Å². The molecule has 0 aliphatic heterocycles. The van der Waals surface area contributed by atoms with Crippen molar-refractivity contribution in [3.8, 4) is 17.0 Å². The second-order valence-corrected chi connectivity index (χ2v) is 7.32. The third kappa shape index (κ3) is 2.97. The molecule has 4 rings (SSSR count). The Morgan fingerprint density at radius 3 is 2.88 bits per heavy atom. The smallest absolute Gasteiger partial charge is 0.257 e. The lowest BCUT2D eigenvalue weighted by Gasteiger charge is -2.17. The van der Waals surface area contributed by atoms with Gasteiger partial charge in [0.05, 0.1) is 12.8 Å². The summed E-state index contributed by atoms with van der Waals surface area (Å²) in [6, 6.07) is 9.78. The van der Waals surface area contributed by atoms with Crippen LogP contribution in [0.2, 0.25) is 0 Å². The Bertz CT molecular complexity index is 1010. The molecule has 1 aliphatic rings.